The summed E-state index contributed by atoms with van der Waals surface area (Å²) >= 11 is 0. The minimum Gasteiger partial charge on any atom is -0.404 e. The molecule has 2 amide bonds. The van der Waals surface area contributed by atoms with E-state index in [1.165, 1.54) is 12.4 Å². The van der Waals surface area contributed by atoms with Crippen LogP contribution < -0.4 is 27.8 Å². The smallest absolute Gasteiger partial charge is 0.271 e. The van der Waals surface area contributed by atoms with Gasteiger partial charge < -0.3 is 27.8 Å². The van der Waals surface area contributed by atoms with E-state index >= 15 is 0 Å². The third-order valence-corrected chi connectivity index (χ3v) is 4.01. The number of nitrogens with one attached hydrogen (secondary N) is 2. The van der Waals surface area contributed by atoms with Crippen molar-refractivity contribution < 1.29 is 9.59 Å². The van der Waals surface area contributed by atoms with Crippen LogP contribution in [0.2, 0.25) is 0 Å². The number of carbonyl (C=O) groups excluding carboxylic acids is 2. The van der Waals surface area contributed by atoms with Crippen molar-refractivity contribution in [1.82, 2.24) is 9.97 Å². The van der Waals surface area contributed by atoms with Crippen LogP contribution in [-0.2, 0) is 4.79 Å². The summed E-state index contributed by atoms with van der Waals surface area (Å²) in [4.78, 5) is 35.5. The average molecular weight is 396 g/mol. The molecule has 0 bridgehead atoms. The number of benzene rings is 1. The van der Waals surface area contributed by atoms with Gasteiger partial charge in [-0.1, -0.05) is 19.1 Å². The first-order chi connectivity index (χ1) is 13.9. The highest BCUT2D eigenvalue weighted by Crippen LogP contribution is 2.22. The zero-order valence-electron chi connectivity index (χ0n) is 16.2. The normalized spacial score (nSPS) is 12.6. The average Bonchev–Trinajstić information content (AvgIpc) is 2.70. The largest absolute Gasteiger partial charge is 0.404 e. The minimum atomic E-state index is -0.738. The summed E-state index contributed by atoms with van der Waals surface area (Å²) in [5.41, 5.74) is 18.6. The summed E-state index contributed by atoms with van der Waals surface area (Å²) in [6.07, 6.45) is 4.90. The molecule has 1 atom stereocenters. The lowest BCUT2D eigenvalue weighted by Gasteiger charge is -2.16. The molecule has 2 aromatic rings. The third-order valence-electron chi connectivity index (χ3n) is 4.01. The fourth-order valence-electron chi connectivity index (χ4n) is 2.51. The van der Waals surface area contributed by atoms with E-state index in [9.17, 15) is 9.59 Å². The lowest BCUT2D eigenvalue weighted by Crippen LogP contribution is -2.35. The van der Waals surface area contributed by atoms with Crippen LogP contribution in [0.3, 0.4) is 0 Å². The molecule has 0 saturated carbocycles. The van der Waals surface area contributed by atoms with Gasteiger partial charge in [-0.2, -0.15) is 0 Å². The van der Waals surface area contributed by atoms with Crippen molar-refractivity contribution in [1.29, 1.82) is 0 Å². The quantitative estimate of drug-likeness (QED) is 0.393. The Morgan fingerprint density at radius 2 is 1.93 bits per heavy atom. The van der Waals surface area contributed by atoms with Crippen LogP contribution in [0.1, 0.15) is 29.4 Å². The van der Waals surface area contributed by atoms with E-state index in [0.717, 1.165) is 11.1 Å². The molecule has 0 unspecified atom stereocenters. The fourth-order valence-corrected chi connectivity index (χ4v) is 2.51. The summed E-state index contributed by atoms with van der Waals surface area (Å²) in [5.74, 6) is -0.818. The van der Waals surface area contributed by atoms with Crippen molar-refractivity contribution in [2.24, 2.45) is 22.2 Å². The van der Waals surface area contributed by atoms with Gasteiger partial charge in [0, 0.05) is 30.7 Å². The summed E-state index contributed by atoms with van der Waals surface area (Å²) < 4.78 is 0. The first kappa shape index (κ1) is 21.4. The van der Waals surface area contributed by atoms with Gasteiger partial charge in [0.05, 0.1) is 6.20 Å². The van der Waals surface area contributed by atoms with Gasteiger partial charge in [0.2, 0.25) is 5.91 Å². The molecule has 1 aromatic heterocycles. The zero-order chi connectivity index (χ0) is 21.4. The van der Waals surface area contributed by atoms with Crippen molar-refractivity contribution in [3.05, 3.63) is 47.9 Å². The predicted octanol–water partition coefficient (Wildman–Crippen LogP) is 0.995. The molecule has 152 valence electrons. The molecule has 0 aliphatic rings. The van der Waals surface area contributed by atoms with Gasteiger partial charge in [0.1, 0.15) is 11.9 Å². The van der Waals surface area contributed by atoms with E-state index in [0.29, 0.717) is 12.1 Å². The molecule has 1 heterocycles. The van der Waals surface area contributed by atoms with Crippen molar-refractivity contribution in [3.8, 4) is 0 Å². The Bertz CT molecular complexity index is 938. The van der Waals surface area contributed by atoms with Gasteiger partial charge in [-0.15, -0.1) is 0 Å². The van der Waals surface area contributed by atoms with Crippen LogP contribution in [0, 0.1) is 0 Å². The number of hydrogen-bond acceptors (Lipinski definition) is 8. The topological polar surface area (TPSA) is 174 Å². The molecular formula is C19H24N8O2. The molecule has 2 rings (SSSR count). The predicted molar refractivity (Wildman–Crippen MR) is 114 cm³/mol. The Morgan fingerprint density at radius 3 is 2.45 bits per heavy atom. The van der Waals surface area contributed by atoms with E-state index in [1.807, 2.05) is 19.1 Å². The van der Waals surface area contributed by atoms with E-state index in [1.54, 1.807) is 25.4 Å². The number of anilines is 3. The standard InChI is InChI=1S/C19H24N8O2/c1-3-14(17(21)28)26-15-10-24-16(18(22)29)19(27-15)25-13-6-4-11(5-7-13)12(8-20)9-23-2/h4-10,14H,3,20H2,1-2H3,(H2,21,28)(H2,22,29)(H2,25,26,27)/t14-/m1/s1. The molecule has 0 fully saturated rings. The Labute approximate surface area is 168 Å². The van der Waals surface area contributed by atoms with E-state index < -0.39 is 17.9 Å². The monoisotopic (exact) mass is 396 g/mol. The van der Waals surface area contributed by atoms with Crippen LogP contribution in [0.25, 0.3) is 5.57 Å². The number of aromatic nitrogens is 2. The molecule has 0 aliphatic heterocycles. The molecule has 0 aliphatic carbocycles. The Balaban J connectivity index is 2.31. The van der Waals surface area contributed by atoms with Gasteiger partial charge in [-0.05, 0) is 24.1 Å². The molecule has 10 heteroatoms. The minimum absolute atomic E-state index is 0.0348. The van der Waals surface area contributed by atoms with Crippen LogP contribution in [0.15, 0.2) is 41.7 Å². The van der Waals surface area contributed by atoms with E-state index in [-0.39, 0.29) is 17.3 Å². The van der Waals surface area contributed by atoms with Crippen molar-refractivity contribution >= 4 is 40.9 Å². The van der Waals surface area contributed by atoms with Crippen molar-refractivity contribution in [3.63, 3.8) is 0 Å². The molecule has 0 spiro atoms. The summed E-state index contributed by atoms with van der Waals surface area (Å²) in [7, 11) is 1.66. The first-order valence-electron chi connectivity index (χ1n) is 8.83. The molecular weight excluding hydrogens is 372 g/mol. The highest BCUT2D eigenvalue weighted by atomic mass is 16.1. The third kappa shape index (κ3) is 5.51. The Kier molecular flexibility index (Phi) is 7.24. The number of nitrogens with two attached hydrogens (primary N) is 3. The number of rotatable bonds is 9. The number of aliphatic imine (C=N–C) groups is 1. The van der Waals surface area contributed by atoms with Crippen molar-refractivity contribution in [2.45, 2.75) is 19.4 Å². The second-order valence-electron chi connectivity index (χ2n) is 6.04. The number of amides is 2. The Morgan fingerprint density at radius 1 is 1.24 bits per heavy atom. The summed E-state index contributed by atoms with van der Waals surface area (Å²) in [6.45, 7) is 1.81. The highest BCUT2D eigenvalue weighted by Gasteiger charge is 2.17. The van der Waals surface area contributed by atoms with Crippen LogP contribution >= 0.6 is 0 Å². The molecule has 8 N–H and O–H groups in total. The maximum absolute atomic E-state index is 11.7. The highest BCUT2D eigenvalue weighted by molar-refractivity contribution is 6.09. The molecule has 0 radical (unpaired) electrons. The molecule has 0 saturated heterocycles. The van der Waals surface area contributed by atoms with E-state index in [4.69, 9.17) is 17.2 Å². The second-order valence-corrected chi connectivity index (χ2v) is 6.04. The molecule has 10 nitrogen and oxygen atoms in total. The first-order valence-corrected chi connectivity index (χ1v) is 8.83. The fraction of sp³-hybridized carbons (Fsp3) is 0.211. The Hall–Kier alpha value is -3.95. The van der Waals surface area contributed by atoms with E-state index in [2.05, 4.69) is 25.6 Å². The lowest BCUT2D eigenvalue weighted by molar-refractivity contribution is -0.118. The summed E-state index contributed by atoms with van der Waals surface area (Å²) in [5, 5.41) is 5.91. The molecule has 1 aromatic carbocycles. The van der Waals surface area contributed by atoms with Crippen LogP contribution in [0.5, 0.6) is 0 Å². The molecule has 29 heavy (non-hydrogen) atoms. The van der Waals surface area contributed by atoms with Gasteiger partial charge >= 0.3 is 0 Å². The lowest BCUT2D eigenvalue weighted by atomic mass is 10.1. The van der Waals surface area contributed by atoms with Crippen molar-refractivity contribution in [2.75, 3.05) is 17.7 Å². The second kappa shape index (κ2) is 9.83. The number of hydrogen-bond donors (Lipinski definition) is 5. The number of primary amides is 2. The van der Waals surface area contributed by atoms with Gasteiger partial charge in [0.25, 0.3) is 5.91 Å². The van der Waals surface area contributed by atoms with Crippen LogP contribution in [0.4, 0.5) is 17.3 Å². The van der Waals surface area contributed by atoms with Gasteiger partial charge in [-0.25, -0.2) is 9.97 Å². The zero-order valence-corrected chi connectivity index (χ0v) is 16.2. The summed E-state index contributed by atoms with van der Waals surface area (Å²) in [6, 6.07) is 6.63. The van der Waals surface area contributed by atoms with Gasteiger partial charge in [-0.3, -0.25) is 14.6 Å². The number of carbonyl (C=O) groups is 2. The van der Waals surface area contributed by atoms with Crippen LogP contribution in [-0.4, -0.2) is 41.1 Å². The maximum Gasteiger partial charge on any atom is 0.271 e. The maximum atomic E-state index is 11.7. The number of allylic oxidation sites excluding steroid dienone is 1. The SMILES string of the molecule is CC[C@@H](Nc1cnc(C(N)=O)c(Nc2ccc(C(C=NC)=CN)cc2)n1)C(N)=O. The number of nitrogens with zero attached hydrogens (tertiary/aromatic N) is 3. The van der Waals surface area contributed by atoms with Gasteiger partial charge in [0.15, 0.2) is 11.5 Å².